The van der Waals surface area contributed by atoms with Crippen molar-refractivity contribution in [3.05, 3.63) is 41.5 Å². The Bertz CT molecular complexity index is 954. The number of aromatic hydroxyl groups is 4. The van der Waals surface area contributed by atoms with E-state index in [0.29, 0.717) is 0 Å². The average Bonchev–Trinajstić information content (AvgIpc) is 2.49. The van der Waals surface area contributed by atoms with Crippen LogP contribution in [-0.2, 0) is 21.5 Å². The van der Waals surface area contributed by atoms with Crippen molar-refractivity contribution in [1.29, 1.82) is 0 Å². The fourth-order valence-corrected chi connectivity index (χ4v) is 3.88. The third-order valence-corrected chi connectivity index (χ3v) is 5.39. The number of rotatable bonds is 2. The summed E-state index contributed by atoms with van der Waals surface area (Å²) >= 11 is 0. The van der Waals surface area contributed by atoms with E-state index in [4.69, 9.17) is 4.74 Å². The number of aliphatic hydroxyl groups excluding tert-OH is 1. The van der Waals surface area contributed by atoms with E-state index in [2.05, 4.69) is 0 Å². The maximum absolute atomic E-state index is 12.1. The molecule has 6 N–H and O–H groups in total. The second-order valence-corrected chi connectivity index (χ2v) is 7.17. The highest BCUT2D eigenvalue weighted by Crippen LogP contribution is 2.48. The Morgan fingerprint density at radius 1 is 1.00 bits per heavy atom. The summed E-state index contributed by atoms with van der Waals surface area (Å²) in [4.78, 5) is -2.73. The first-order valence-corrected chi connectivity index (χ1v) is 8.41. The smallest absolute Gasteiger partial charge is 0.313 e. The Morgan fingerprint density at radius 2 is 1.68 bits per heavy atom. The quantitative estimate of drug-likeness (QED) is 0.327. The summed E-state index contributed by atoms with van der Waals surface area (Å²) < 4.78 is 39.3. The van der Waals surface area contributed by atoms with Gasteiger partial charge in [0.05, 0.1) is 0 Å². The van der Waals surface area contributed by atoms with E-state index < -0.39 is 50.6 Å². The van der Waals surface area contributed by atoms with Gasteiger partial charge in [0.25, 0.3) is 4.93 Å². The van der Waals surface area contributed by atoms with Crippen LogP contribution >= 0.6 is 0 Å². The van der Waals surface area contributed by atoms with E-state index in [1.165, 1.54) is 0 Å². The maximum Gasteiger partial charge on any atom is 0.313 e. The van der Waals surface area contributed by atoms with Gasteiger partial charge in [0.2, 0.25) is 0 Å². The van der Waals surface area contributed by atoms with E-state index in [1.54, 1.807) is 0 Å². The Balaban J connectivity index is 2.28. The molecule has 9 nitrogen and oxygen atoms in total. The third-order valence-electron chi connectivity index (χ3n) is 4.03. The summed E-state index contributed by atoms with van der Waals surface area (Å²) in [6.45, 7) is 0. The zero-order valence-corrected chi connectivity index (χ0v) is 13.3. The summed E-state index contributed by atoms with van der Waals surface area (Å²) in [6, 6.07) is 4.83. The standard InChI is InChI=1S/C15H14O9S/c16-8-4-11(18)9-6-14(20)15(25(21,22)23,24-13(9)5-8)7-1-2-10(17)12(19)3-7/h1-5,14,16-20H,6H2,(H,21,22,23). The van der Waals surface area contributed by atoms with Crippen LogP contribution in [0.3, 0.4) is 0 Å². The van der Waals surface area contributed by atoms with Crippen LogP contribution in [0.1, 0.15) is 11.1 Å². The minimum atomic E-state index is -5.12. The predicted molar refractivity (Wildman–Crippen MR) is 83.1 cm³/mol. The molecular weight excluding hydrogens is 356 g/mol. The Labute approximate surface area is 141 Å². The molecule has 0 aliphatic carbocycles. The van der Waals surface area contributed by atoms with Crippen molar-refractivity contribution >= 4 is 10.1 Å². The largest absolute Gasteiger partial charge is 0.508 e. The van der Waals surface area contributed by atoms with Gasteiger partial charge < -0.3 is 30.3 Å². The van der Waals surface area contributed by atoms with Gasteiger partial charge in [0, 0.05) is 29.7 Å². The Kier molecular flexibility index (Phi) is 3.71. The molecule has 0 aromatic heterocycles. The molecule has 0 radical (unpaired) electrons. The highest BCUT2D eigenvalue weighted by atomic mass is 32.2. The number of phenolic OH excluding ortho intramolecular Hbond substituents is 4. The molecule has 0 bridgehead atoms. The van der Waals surface area contributed by atoms with Crippen LogP contribution in [0, 0.1) is 0 Å². The summed E-state index contributed by atoms with van der Waals surface area (Å²) in [6.07, 6.45) is -2.29. The van der Waals surface area contributed by atoms with E-state index in [1.807, 2.05) is 0 Å². The second kappa shape index (κ2) is 5.41. The van der Waals surface area contributed by atoms with E-state index >= 15 is 0 Å². The first-order valence-electron chi connectivity index (χ1n) is 6.97. The minimum absolute atomic E-state index is 0.0348. The van der Waals surface area contributed by atoms with Crippen LogP contribution in [0.2, 0.25) is 0 Å². The number of phenols is 4. The van der Waals surface area contributed by atoms with E-state index in [9.17, 15) is 38.5 Å². The lowest BCUT2D eigenvalue weighted by Crippen LogP contribution is -2.54. The lowest BCUT2D eigenvalue weighted by Gasteiger charge is -2.40. The van der Waals surface area contributed by atoms with Gasteiger partial charge in [-0.3, -0.25) is 4.55 Å². The van der Waals surface area contributed by atoms with Crippen molar-refractivity contribution in [3.8, 4) is 28.7 Å². The molecule has 2 unspecified atom stereocenters. The number of hydrogen-bond donors (Lipinski definition) is 6. The lowest BCUT2D eigenvalue weighted by atomic mass is 9.93. The topological polar surface area (TPSA) is 165 Å². The van der Waals surface area contributed by atoms with Crippen LogP contribution in [0.25, 0.3) is 0 Å². The van der Waals surface area contributed by atoms with Crippen molar-refractivity contribution in [1.82, 2.24) is 0 Å². The predicted octanol–water partition coefficient (Wildman–Crippen LogP) is 0.546. The highest BCUT2D eigenvalue weighted by molar-refractivity contribution is 7.86. The monoisotopic (exact) mass is 370 g/mol. The fourth-order valence-electron chi connectivity index (χ4n) is 2.84. The van der Waals surface area contributed by atoms with Gasteiger partial charge in [0.15, 0.2) is 11.5 Å². The van der Waals surface area contributed by atoms with Gasteiger partial charge >= 0.3 is 10.1 Å². The first-order chi connectivity index (χ1) is 11.6. The zero-order valence-electron chi connectivity index (χ0n) is 12.5. The molecule has 0 spiro atoms. The highest BCUT2D eigenvalue weighted by Gasteiger charge is 2.57. The number of aliphatic hydroxyl groups is 1. The molecule has 0 fully saturated rings. The SMILES string of the molecule is O=S(=O)(O)C1(c2ccc(O)c(O)c2)Oc2cc(O)cc(O)c2CC1O. The molecule has 10 heteroatoms. The Hall–Kier alpha value is -2.69. The zero-order chi connectivity index (χ0) is 18.6. The molecule has 0 amide bonds. The number of fused-ring (bicyclic) bond motifs is 1. The molecule has 2 atom stereocenters. The second-order valence-electron chi connectivity index (χ2n) is 5.61. The molecule has 0 saturated heterocycles. The van der Waals surface area contributed by atoms with Gasteiger partial charge in [-0.05, 0) is 18.2 Å². The van der Waals surface area contributed by atoms with Crippen molar-refractivity contribution in [2.75, 3.05) is 0 Å². The normalized spacial score (nSPS) is 22.9. The molecule has 25 heavy (non-hydrogen) atoms. The van der Waals surface area contributed by atoms with Crippen molar-refractivity contribution in [2.45, 2.75) is 17.5 Å². The molecule has 1 aliphatic rings. The van der Waals surface area contributed by atoms with Crippen molar-refractivity contribution < 1.29 is 43.2 Å². The third kappa shape index (κ3) is 2.51. The maximum atomic E-state index is 12.1. The molecule has 1 heterocycles. The molecule has 3 rings (SSSR count). The summed E-state index contributed by atoms with van der Waals surface area (Å²) in [7, 11) is -5.12. The van der Waals surface area contributed by atoms with Crippen molar-refractivity contribution in [3.63, 3.8) is 0 Å². The summed E-state index contributed by atoms with van der Waals surface area (Å²) in [5.41, 5.74) is -0.321. The van der Waals surface area contributed by atoms with Crippen LogP contribution in [0.5, 0.6) is 28.7 Å². The van der Waals surface area contributed by atoms with Crippen LogP contribution in [0.15, 0.2) is 30.3 Å². The number of hydrogen-bond acceptors (Lipinski definition) is 8. The molecular formula is C15H14O9S. The molecule has 2 aromatic carbocycles. The average molecular weight is 370 g/mol. The van der Waals surface area contributed by atoms with Crippen LogP contribution in [-0.4, -0.2) is 44.6 Å². The fraction of sp³-hybridized carbons (Fsp3) is 0.200. The summed E-state index contributed by atoms with van der Waals surface area (Å²) in [5.74, 6) is -2.36. The van der Waals surface area contributed by atoms with Gasteiger partial charge in [-0.15, -0.1) is 0 Å². The first kappa shape index (κ1) is 17.1. The van der Waals surface area contributed by atoms with Crippen molar-refractivity contribution in [2.24, 2.45) is 0 Å². The van der Waals surface area contributed by atoms with Crippen LogP contribution < -0.4 is 4.74 Å². The molecule has 2 aromatic rings. The number of ether oxygens (including phenoxy) is 1. The lowest BCUT2D eigenvalue weighted by molar-refractivity contribution is -0.0189. The summed E-state index contributed by atoms with van der Waals surface area (Å²) in [5, 5.41) is 48.9. The van der Waals surface area contributed by atoms with Gasteiger partial charge in [-0.25, -0.2) is 0 Å². The van der Waals surface area contributed by atoms with E-state index in [-0.39, 0.29) is 16.9 Å². The molecule has 0 saturated carbocycles. The Morgan fingerprint density at radius 3 is 2.28 bits per heavy atom. The van der Waals surface area contributed by atoms with E-state index in [0.717, 1.165) is 30.3 Å². The van der Waals surface area contributed by atoms with Gasteiger partial charge in [-0.2, -0.15) is 8.42 Å². The minimum Gasteiger partial charge on any atom is -0.508 e. The molecule has 1 aliphatic heterocycles. The van der Waals surface area contributed by atoms with Gasteiger partial charge in [-0.1, -0.05) is 0 Å². The van der Waals surface area contributed by atoms with Gasteiger partial charge in [0.1, 0.15) is 23.4 Å². The number of benzene rings is 2. The molecule has 134 valence electrons. The van der Waals surface area contributed by atoms with Crippen LogP contribution in [0.4, 0.5) is 0 Å².